The number of hydrogen-bond acceptors (Lipinski definition) is 9. The fourth-order valence-corrected chi connectivity index (χ4v) is 5.22. The van der Waals surface area contributed by atoms with Gasteiger partial charge in [0.1, 0.15) is 6.04 Å². The summed E-state index contributed by atoms with van der Waals surface area (Å²) >= 11 is 0. The van der Waals surface area contributed by atoms with E-state index in [1.165, 1.54) is 7.11 Å². The van der Waals surface area contributed by atoms with Crippen LogP contribution in [0.1, 0.15) is 59.6 Å². The van der Waals surface area contributed by atoms with Gasteiger partial charge in [-0.25, -0.2) is 13.4 Å². The number of sulfonamides is 1. The summed E-state index contributed by atoms with van der Waals surface area (Å²) in [6.45, 7) is 9.42. The molecule has 0 aliphatic carbocycles. The maximum atomic E-state index is 13.5. The lowest BCUT2D eigenvalue weighted by molar-refractivity contribution is 0.102. The summed E-state index contributed by atoms with van der Waals surface area (Å²) in [6.07, 6.45) is 3.81. The molecule has 1 atom stereocenters. The molecule has 1 aliphatic rings. The van der Waals surface area contributed by atoms with Gasteiger partial charge >= 0.3 is 0 Å². The summed E-state index contributed by atoms with van der Waals surface area (Å²) in [7, 11) is 1.92. The van der Waals surface area contributed by atoms with Crippen LogP contribution in [-0.4, -0.2) is 64.8 Å². The summed E-state index contributed by atoms with van der Waals surface area (Å²) in [6, 6.07) is 12.8. The van der Waals surface area contributed by atoms with E-state index in [1.54, 1.807) is 29.3 Å². The largest absolute Gasteiger partial charge is 0.492 e. The Labute approximate surface area is 254 Å². The smallest absolute Gasteiger partial charge is 0.255 e. The van der Waals surface area contributed by atoms with E-state index in [0.29, 0.717) is 17.8 Å². The first-order valence-electron chi connectivity index (χ1n) is 14.0. The Hall–Kier alpha value is -4.03. The number of aromatic nitrogens is 1. The lowest BCUT2D eigenvalue weighted by atomic mass is 9.86. The Morgan fingerprint density at radius 3 is 2.44 bits per heavy atom. The molecule has 11 nitrogen and oxygen atoms in total. The van der Waals surface area contributed by atoms with Gasteiger partial charge in [0.2, 0.25) is 10.0 Å². The average molecular weight is 608 g/mol. The maximum Gasteiger partial charge on any atom is 0.255 e. The van der Waals surface area contributed by atoms with Crippen LogP contribution in [0, 0.1) is 6.92 Å². The molecule has 1 aliphatic heterocycles. The van der Waals surface area contributed by atoms with Crippen LogP contribution in [0.2, 0.25) is 0 Å². The zero-order valence-corrected chi connectivity index (χ0v) is 26.9. The number of aryl methyl sites for hydroxylation is 1. The quantitative estimate of drug-likeness (QED) is 0.318. The number of benzene rings is 2. The number of likely N-dealkylation sites (N-methyl/N-ethyl adjacent to an activating group) is 1. The fourth-order valence-electron chi connectivity index (χ4n) is 4.67. The van der Waals surface area contributed by atoms with Crippen LogP contribution in [0.3, 0.4) is 0 Å². The molecule has 0 spiro atoms. The highest BCUT2D eigenvalue weighted by Gasteiger charge is 2.26. The molecule has 230 valence electrons. The number of pyridine rings is 1. The highest BCUT2D eigenvalue weighted by Crippen LogP contribution is 2.39. The Bertz CT molecular complexity index is 1610. The van der Waals surface area contributed by atoms with Gasteiger partial charge in [-0.15, -0.1) is 0 Å². The standard InChI is InChI=1S/C31H41N7O4S/c1-20-9-10-21(15-28(20)38-19-27(34-36-38)22-11-12-24(32-18-22)13-14-37(5)6)30(39)33-25-16-23(31(2,3)4)17-26(29(25)42-7)35-43(8,40)41/h9-12,15-18,27,35H,13-14,19H2,1-8H3,(H,33,39). The normalized spacial score (nSPS) is 15.2. The molecule has 12 heteroatoms. The third kappa shape index (κ3) is 8.08. The van der Waals surface area contributed by atoms with Crippen molar-refractivity contribution in [3.63, 3.8) is 0 Å². The van der Waals surface area contributed by atoms with Crippen molar-refractivity contribution in [2.24, 2.45) is 10.3 Å². The van der Waals surface area contributed by atoms with Crippen molar-refractivity contribution >= 4 is 33.0 Å². The molecular formula is C31H41N7O4S. The van der Waals surface area contributed by atoms with Crippen molar-refractivity contribution in [1.82, 2.24) is 9.88 Å². The topological polar surface area (TPSA) is 129 Å². The summed E-state index contributed by atoms with van der Waals surface area (Å²) in [4.78, 5) is 20.3. The number of carbonyl (C=O) groups excluding carboxylic acids is 1. The van der Waals surface area contributed by atoms with Gasteiger partial charge in [-0.05, 0) is 73.5 Å². The molecule has 43 heavy (non-hydrogen) atoms. The minimum absolute atomic E-state index is 0.169. The average Bonchev–Trinajstić information content (AvgIpc) is 3.41. The zero-order chi connectivity index (χ0) is 31.5. The van der Waals surface area contributed by atoms with Gasteiger partial charge in [-0.2, -0.15) is 5.11 Å². The summed E-state index contributed by atoms with van der Waals surface area (Å²) in [5, 5.41) is 13.6. The van der Waals surface area contributed by atoms with Gasteiger partial charge < -0.3 is 15.0 Å². The highest BCUT2D eigenvalue weighted by atomic mass is 32.2. The van der Waals surface area contributed by atoms with Crippen LogP contribution in [0.4, 0.5) is 17.1 Å². The molecule has 1 unspecified atom stereocenters. The summed E-state index contributed by atoms with van der Waals surface area (Å²) in [5.41, 5.74) is 5.24. The summed E-state index contributed by atoms with van der Waals surface area (Å²) in [5.74, 6) is -0.155. The van der Waals surface area contributed by atoms with E-state index in [9.17, 15) is 13.2 Å². The van der Waals surface area contributed by atoms with Crippen molar-refractivity contribution in [3.05, 3.63) is 76.6 Å². The number of carbonyl (C=O) groups is 1. The predicted molar refractivity (Wildman–Crippen MR) is 171 cm³/mol. The first-order valence-corrected chi connectivity index (χ1v) is 15.9. The van der Waals surface area contributed by atoms with E-state index in [2.05, 4.69) is 30.3 Å². The van der Waals surface area contributed by atoms with Crippen molar-refractivity contribution in [1.29, 1.82) is 0 Å². The van der Waals surface area contributed by atoms with E-state index in [1.807, 2.05) is 66.2 Å². The number of amides is 1. The lowest BCUT2D eigenvalue weighted by Crippen LogP contribution is -2.20. The van der Waals surface area contributed by atoms with E-state index in [0.717, 1.165) is 47.3 Å². The molecule has 0 radical (unpaired) electrons. The van der Waals surface area contributed by atoms with Crippen LogP contribution in [-0.2, 0) is 21.9 Å². The molecule has 2 aromatic carbocycles. The van der Waals surface area contributed by atoms with Gasteiger partial charge in [-0.1, -0.05) is 38.1 Å². The Morgan fingerprint density at radius 2 is 1.84 bits per heavy atom. The van der Waals surface area contributed by atoms with Gasteiger partial charge in [0.25, 0.3) is 5.91 Å². The zero-order valence-electron chi connectivity index (χ0n) is 26.1. The van der Waals surface area contributed by atoms with Crippen molar-refractivity contribution < 1.29 is 17.9 Å². The Balaban J connectivity index is 1.56. The van der Waals surface area contributed by atoms with E-state index < -0.39 is 10.0 Å². The predicted octanol–water partition coefficient (Wildman–Crippen LogP) is 5.35. The molecule has 1 aromatic heterocycles. The third-order valence-electron chi connectivity index (χ3n) is 7.14. The molecule has 0 saturated heterocycles. The van der Waals surface area contributed by atoms with Gasteiger partial charge in [0, 0.05) is 30.4 Å². The number of nitrogens with one attached hydrogen (secondary N) is 2. The van der Waals surface area contributed by atoms with Gasteiger partial charge in [0.05, 0.1) is 37.0 Å². The number of hydrogen-bond donors (Lipinski definition) is 2. The van der Waals surface area contributed by atoms with Crippen LogP contribution < -0.4 is 19.8 Å². The number of ether oxygens (including phenoxy) is 1. The number of methoxy groups -OCH3 is 1. The van der Waals surface area contributed by atoms with E-state index >= 15 is 0 Å². The maximum absolute atomic E-state index is 13.5. The number of anilines is 3. The van der Waals surface area contributed by atoms with Crippen molar-refractivity contribution in [2.45, 2.75) is 45.6 Å². The monoisotopic (exact) mass is 607 g/mol. The second-order valence-electron chi connectivity index (χ2n) is 12.1. The molecule has 0 bridgehead atoms. The number of nitrogens with zero attached hydrogens (tertiary/aromatic N) is 5. The first-order chi connectivity index (χ1) is 20.1. The van der Waals surface area contributed by atoms with Gasteiger partial charge in [0.15, 0.2) is 5.75 Å². The molecule has 0 saturated carbocycles. The molecule has 0 fully saturated rings. The Morgan fingerprint density at radius 1 is 1.12 bits per heavy atom. The van der Waals surface area contributed by atoms with E-state index in [4.69, 9.17) is 4.74 Å². The fraction of sp³-hybridized carbons (Fsp3) is 0.419. The minimum atomic E-state index is -3.60. The van der Waals surface area contributed by atoms with Crippen molar-refractivity contribution in [3.8, 4) is 5.75 Å². The first kappa shape index (κ1) is 31.9. The third-order valence-corrected chi connectivity index (χ3v) is 7.74. The van der Waals surface area contributed by atoms with Crippen molar-refractivity contribution in [2.75, 3.05) is 55.6 Å². The Kier molecular flexibility index (Phi) is 9.41. The molecule has 3 aromatic rings. The summed E-state index contributed by atoms with van der Waals surface area (Å²) < 4.78 is 32.2. The lowest BCUT2D eigenvalue weighted by Gasteiger charge is -2.24. The van der Waals surface area contributed by atoms with Gasteiger partial charge in [-0.3, -0.25) is 14.5 Å². The number of rotatable bonds is 10. The molecule has 4 rings (SSSR count). The molecule has 1 amide bonds. The molecular weight excluding hydrogens is 566 g/mol. The second-order valence-corrected chi connectivity index (χ2v) is 13.9. The van der Waals surface area contributed by atoms with E-state index in [-0.39, 0.29) is 28.8 Å². The van der Waals surface area contributed by atoms with Crippen LogP contribution in [0.25, 0.3) is 0 Å². The minimum Gasteiger partial charge on any atom is -0.492 e. The highest BCUT2D eigenvalue weighted by molar-refractivity contribution is 7.92. The SMILES string of the molecule is COc1c(NC(=O)c2ccc(C)c(N3CC(c4ccc(CCN(C)C)nc4)N=N3)c2)cc(C(C)(C)C)cc1NS(C)(=O)=O. The molecule has 2 heterocycles. The van der Waals surface area contributed by atoms with Crippen LogP contribution in [0.5, 0.6) is 5.75 Å². The molecule has 2 N–H and O–H groups in total. The second kappa shape index (κ2) is 12.7. The van der Waals surface area contributed by atoms with Crippen LogP contribution >= 0.6 is 0 Å². The van der Waals surface area contributed by atoms with Crippen LogP contribution in [0.15, 0.2) is 59.0 Å².